The predicted octanol–water partition coefficient (Wildman–Crippen LogP) is 6.83. The Morgan fingerprint density at radius 3 is 1.24 bits per heavy atom. The van der Waals surface area contributed by atoms with Crippen LogP contribution in [-0.2, 0) is 22.7 Å². The van der Waals surface area contributed by atoms with Crippen LogP contribution >= 0.6 is 0 Å². The van der Waals surface area contributed by atoms with Crippen LogP contribution in [0.1, 0.15) is 74.4 Å². The molecule has 10 aliphatic rings. The first kappa shape index (κ1) is 48.6. The third kappa shape index (κ3) is 13.9. The number of nitrogens with one attached hydrogen (secondary N) is 4. The van der Waals surface area contributed by atoms with E-state index in [4.69, 9.17) is 0 Å². The highest BCUT2D eigenvalue weighted by Crippen LogP contribution is 2.26. The minimum Gasteiger partial charge on any atom is -0.340 e. The molecule has 14 heterocycles. The Hall–Kier alpha value is -6.40. The number of rotatable bonds is 0. The Bertz CT molecular complexity index is 2470. The molecule has 16 bridgehead atoms. The van der Waals surface area contributed by atoms with E-state index in [2.05, 4.69) is 133 Å². The second-order valence-electron chi connectivity index (χ2n) is 18.9. The molecule has 0 radical (unpaired) electrons. The van der Waals surface area contributed by atoms with Gasteiger partial charge in [0.15, 0.2) is 0 Å². The smallest absolute Gasteiger partial charge is 0.146 e. The van der Waals surface area contributed by atoms with Crippen LogP contribution in [0.2, 0.25) is 0 Å². The molecule has 16 rings (SSSR count). The number of pyridine rings is 2. The number of nitrogens with zero attached hydrogens (tertiary/aromatic N) is 10. The minimum atomic E-state index is 0.0239. The number of Topliss-reactive ketones (excluding diaryl/α,β-unsaturated/α-hetero) is 2. The number of hydrogen-bond acceptors (Lipinski definition) is 16. The predicted molar refractivity (Wildman–Crippen MR) is 275 cm³/mol. The van der Waals surface area contributed by atoms with E-state index in [1.165, 1.54) is 11.1 Å². The molecule has 4 aromatic heterocycles. The SMILES string of the molecule is CC1NCCCC(=O)CN2CCN(CC2)Cc2cccc(c2)Nc2cc(ccn2)-c2cnc1nc2.CC1NCCCC(=O)CN2CCN(CC2)Cc2cccc(c2)Nc2cc(ccn2)-c2cnc1nc2. The first-order valence-electron chi connectivity index (χ1n) is 24.9. The van der Waals surface area contributed by atoms with Gasteiger partial charge in [0.05, 0.1) is 25.2 Å². The number of aromatic nitrogens is 6. The molecule has 2 saturated heterocycles. The Labute approximate surface area is 411 Å². The summed E-state index contributed by atoms with van der Waals surface area (Å²) in [4.78, 5) is 61.9. The number of anilines is 4. The molecule has 0 aliphatic carbocycles. The van der Waals surface area contributed by atoms with Crippen molar-refractivity contribution in [2.24, 2.45) is 0 Å². The van der Waals surface area contributed by atoms with Gasteiger partial charge < -0.3 is 21.3 Å². The van der Waals surface area contributed by atoms with E-state index in [0.29, 0.717) is 37.5 Å². The summed E-state index contributed by atoms with van der Waals surface area (Å²) in [5.41, 5.74) is 8.48. The summed E-state index contributed by atoms with van der Waals surface area (Å²) in [6.45, 7) is 16.2. The highest BCUT2D eigenvalue weighted by molar-refractivity contribution is 5.81. The van der Waals surface area contributed by atoms with Crippen LogP contribution in [0.3, 0.4) is 0 Å². The van der Waals surface area contributed by atoms with E-state index >= 15 is 0 Å². The fraction of sp³-hybridized carbons (Fsp3) is 0.407. The quantitative estimate of drug-likeness (QED) is 0.125. The largest absolute Gasteiger partial charge is 0.340 e. The van der Waals surface area contributed by atoms with Gasteiger partial charge in [0.25, 0.3) is 0 Å². The van der Waals surface area contributed by atoms with Crippen molar-refractivity contribution in [3.63, 3.8) is 0 Å². The van der Waals surface area contributed by atoms with Crippen LogP contribution < -0.4 is 21.3 Å². The summed E-state index contributed by atoms with van der Waals surface area (Å²) in [5, 5.41) is 13.8. The Balaban J connectivity index is 0.000000174. The topological polar surface area (TPSA) is 173 Å². The molecule has 4 N–H and O–H groups in total. The summed E-state index contributed by atoms with van der Waals surface area (Å²) in [5.74, 6) is 3.72. The third-order valence-electron chi connectivity index (χ3n) is 13.4. The lowest BCUT2D eigenvalue weighted by atomic mass is 10.1. The van der Waals surface area contributed by atoms with Crippen LogP contribution in [0, 0.1) is 0 Å². The highest BCUT2D eigenvalue weighted by atomic mass is 16.1. The van der Waals surface area contributed by atoms with Crippen LogP contribution in [0.4, 0.5) is 23.0 Å². The van der Waals surface area contributed by atoms with Gasteiger partial charge in [0.2, 0.25) is 0 Å². The first-order valence-corrected chi connectivity index (χ1v) is 24.9. The highest BCUT2D eigenvalue weighted by Gasteiger charge is 2.21. The molecule has 0 amide bonds. The second-order valence-corrected chi connectivity index (χ2v) is 18.9. The van der Waals surface area contributed by atoms with Gasteiger partial charge in [0, 0.05) is 138 Å². The fourth-order valence-electron chi connectivity index (χ4n) is 9.34. The van der Waals surface area contributed by atoms with E-state index in [-0.39, 0.29) is 12.1 Å². The van der Waals surface area contributed by atoms with Gasteiger partial charge in [-0.1, -0.05) is 24.3 Å². The number of piperazine rings is 2. The Morgan fingerprint density at radius 1 is 0.457 bits per heavy atom. The van der Waals surface area contributed by atoms with Crippen molar-refractivity contribution < 1.29 is 9.59 Å². The van der Waals surface area contributed by atoms with Gasteiger partial charge in [0.1, 0.15) is 34.9 Å². The lowest BCUT2D eigenvalue weighted by molar-refractivity contribution is -0.121. The molecule has 70 heavy (non-hydrogen) atoms. The molecule has 0 spiro atoms. The number of hydrogen-bond donors (Lipinski definition) is 4. The summed E-state index contributed by atoms with van der Waals surface area (Å²) >= 11 is 0. The zero-order chi connectivity index (χ0) is 48.1. The summed E-state index contributed by atoms with van der Waals surface area (Å²) in [7, 11) is 0. The van der Waals surface area contributed by atoms with Crippen molar-refractivity contribution in [2.75, 3.05) is 89.2 Å². The van der Waals surface area contributed by atoms with E-state index in [1.807, 2.05) is 61.4 Å². The molecular weight excluding hydrogens is 877 g/mol. The molecule has 16 heteroatoms. The molecule has 364 valence electrons. The molecule has 2 atom stereocenters. The van der Waals surface area contributed by atoms with E-state index in [9.17, 15) is 9.59 Å². The van der Waals surface area contributed by atoms with Gasteiger partial charge in [-0.2, -0.15) is 0 Å². The maximum Gasteiger partial charge on any atom is 0.146 e. The van der Waals surface area contributed by atoms with Gasteiger partial charge >= 0.3 is 0 Å². The van der Waals surface area contributed by atoms with Gasteiger partial charge in [-0.3, -0.25) is 29.2 Å². The number of ketones is 2. The van der Waals surface area contributed by atoms with Crippen molar-refractivity contribution in [3.8, 4) is 22.3 Å². The average molecular weight is 943 g/mol. The van der Waals surface area contributed by atoms with Crippen molar-refractivity contribution in [1.82, 2.24) is 60.1 Å². The fourth-order valence-corrected chi connectivity index (χ4v) is 9.34. The van der Waals surface area contributed by atoms with E-state index < -0.39 is 0 Å². The van der Waals surface area contributed by atoms with Crippen molar-refractivity contribution in [1.29, 1.82) is 0 Å². The maximum absolute atomic E-state index is 12.5. The summed E-state index contributed by atoms with van der Waals surface area (Å²) < 4.78 is 0. The number of carbonyl (C=O) groups is 2. The molecule has 2 aromatic carbocycles. The van der Waals surface area contributed by atoms with E-state index in [1.54, 1.807) is 0 Å². The van der Waals surface area contributed by atoms with Crippen LogP contribution in [0.5, 0.6) is 0 Å². The molecule has 6 aromatic rings. The third-order valence-corrected chi connectivity index (χ3v) is 13.4. The van der Waals surface area contributed by atoms with Gasteiger partial charge in [-0.25, -0.2) is 29.9 Å². The second kappa shape index (κ2) is 23.9. The minimum absolute atomic E-state index is 0.0239. The zero-order valence-corrected chi connectivity index (χ0v) is 40.6. The van der Waals surface area contributed by atoms with E-state index in [0.717, 1.165) is 148 Å². The molecule has 16 nitrogen and oxygen atoms in total. The lowest BCUT2D eigenvalue weighted by Crippen LogP contribution is -2.47. The summed E-state index contributed by atoms with van der Waals surface area (Å²) in [6.07, 6.45) is 13.9. The summed E-state index contributed by atoms with van der Waals surface area (Å²) in [6, 6.07) is 25.0. The number of carbonyl (C=O) groups excluding carboxylic acids is 2. The van der Waals surface area contributed by atoms with Gasteiger partial charge in [-0.15, -0.1) is 0 Å². The van der Waals surface area contributed by atoms with Crippen LogP contribution in [-0.4, -0.2) is 140 Å². The van der Waals surface area contributed by atoms with Crippen molar-refractivity contribution in [2.45, 2.75) is 64.7 Å². The standard InChI is InChI=1S/2C27H33N7O/c2*1-20-27-30-16-23(17-31-27)22-7-9-29-26(15-22)32-24-5-2-4-21(14-24)18-33-10-12-34(13-11-33)19-25(35)6-3-8-28-20/h2*2,4-5,7,9,14-17,20,28H,3,6,8,10-13,18-19H2,1H3,(H,29,32). The number of benzene rings is 2. The van der Waals surface area contributed by atoms with Gasteiger partial charge in [-0.05, 0) is 111 Å². The maximum atomic E-state index is 12.5. The zero-order valence-electron chi connectivity index (χ0n) is 40.6. The van der Waals surface area contributed by atoms with Crippen LogP contribution in [0.15, 0.2) is 110 Å². The average Bonchev–Trinajstić information content (AvgIpc) is 3.38. The molecular formula is C54H66N14O2. The Morgan fingerprint density at radius 2 is 0.843 bits per heavy atom. The molecule has 2 unspecified atom stereocenters. The molecule has 0 saturated carbocycles. The lowest BCUT2D eigenvalue weighted by Gasteiger charge is -2.34. The monoisotopic (exact) mass is 943 g/mol. The van der Waals surface area contributed by atoms with Crippen LogP contribution in [0.25, 0.3) is 22.3 Å². The van der Waals surface area contributed by atoms with Crippen molar-refractivity contribution in [3.05, 3.63) is 133 Å². The molecule has 2 fully saturated rings. The van der Waals surface area contributed by atoms with Crippen molar-refractivity contribution >= 4 is 34.6 Å². The Kier molecular flexibility index (Phi) is 16.6. The molecule has 10 aliphatic heterocycles. The normalized spacial score (nSPS) is 23.6. The first-order chi connectivity index (χ1) is 34.2.